The fourth-order valence-electron chi connectivity index (χ4n) is 3.61. The fourth-order valence-corrected chi connectivity index (χ4v) is 3.61. The van der Waals surface area contributed by atoms with Crippen molar-refractivity contribution in [2.75, 3.05) is 14.2 Å². The number of amides is 1. The van der Waals surface area contributed by atoms with E-state index in [1.165, 1.54) is 0 Å². The van der Waals surface area contributed by atoms with Crippen LogP contribution >= 0.6 is 0 Å². The second kappa shape index (κ2) is 6.03. The Kier molecular flexibility index (Phi) is 4.10. The summed E-state index contributed by atoms with van der Waals surface area (Å²) in [5, 5.41) is 3.14. The lowest BCUT2D eigenvalue weighted by Crippen LogP contribution is -2.34. The van der Waals surface area contributed by atoms with Crippen LogP contribution in [0.1, 0.15) is 31.4 Å². The molecule has 4 heteroatoms. The van der Waals surface area contributed by atoms with Crippen LogP contribution in [0.2, 0.25) is 0 Å². The quantitative estimate of drug-likeness (QED) is 0.850. The van der Waals surface area contributed by atoms with E-state index < -0.39 is 0 Å². The van der Waals surface area contributed by atoms with Gasteiger partial charge in [0, 0.05) is 5.92 Å². The molecule has 4 atom stereocenters. The molecule has 0 aromatic heterocycles. The molecular weight excluding hydrogens is 278 g/mol. The van der Waals surface area contributed by atoms with Crippen LogP contribution in [-0.2, 0) is 4.79 Å². The van der Waals surface area contributed by atoms with Crippen molar-refractivity contribution in [3.63, 3.8) is 0 Å². The van der Waals surface area contributed by atoms with E-state index >= 15 is 0 Å². The van der Waals surface area contributed by atoms with Crippen molar-refractivity contribution in [3.05, 3.63) is 35.9 Å². The van der Waals surface area contributed by atoms with Gasteiger partial charge in [-0.05, 0) is 49.3 Å². The van der Waals surface area contributed by atoms with Gasteiger partial charge < -0.3 is 14.8 Å². The van der Waals surface area contributed by atoms with Gasteiger partial charge in [0.15, 0.2) is 11.5 Å². The van der Waals surface area contributed by atoms with E-state index in [-0.39, 0.29) is 17.9 Å². The zero-order valence-electron chi connectivity index (χ0n) is 13.3. The average Bonchev–Trinajstić information content (AvgIpc) is 3.17. The second-order valence-electron chi connectivity index (χ2n) is 6.23. The van der Waals surface area contributed by atoms with E-state index in [1.807, 2.05) is 25.1 Å². The van der Waals surface area contributed by atoms with Gasteiger partial charge in [-0.25, -0.2) is 0 Å². The summed E-state index contributed by atoms with van der Waals surface area (Å²) in [6, 6.07) is 5.71. The monoisotopic (exact) mass is 301 g/mol. The van der Waals surface area contributed by atoms with Crippen molar-refractivity contribution in [1.82, 2.24) is 5.32 Å². The summed E-state index contributed by atoms with van der Waals surface area (Å²) >= 11 is 0. The zero-order chi connectivity index (χ0) is 15.7. The van der Waals surface area contributed by atoms with Crippen molar-refractivity contribution < 1.29 is 14.3 Å². The number of carbonyl (C=O) groups is 1. The van der Waals surface area contributed by atoms with Crippen LogP contribution in [0, 0.1) is 17.8 Å². The third-order valence-corrected chi connectivity index (χ3v) is 4.88. The van der Waals surface area contributed by atoms with Gasteiger partial charge in [-0.2, -0.15) is 0 Å². The van der Waals surface area contributed by atoms with E-state index in [4.69, 9.17) is 9.47 Å². The molecular formula is C18H23NO3. The van der Waals surface area contributed by atoms with Gasteiger partial charge in [0.05, 0.1) is 20.3 Å². The zero-order valence-corrected chi connectivity index (χ0v) is 13.3. The number of benzene rings is 1. The number of methoxy groups -OCH3 is 2. The summed E-state index contributed by atoms with van der Waals surface area (Å²) in [6.07, 6.45) is 6.60. The van der Waals surface area contributed by atoms with Gasteiger partial charge in [-0.3, -0.25) is 4.79 Å². The molecule has 118 valence electrons. The summed E-state index contributed by atoms with van der Waals surface area (Å²) in [7, 11) is 3.23. The smallest absolute Gasteiger partial charge is 0.224 e. The largest absolute Gasteiger partial charge is 0.493 e. The first-order valence-electron chi connectivity index (χ1n) is 7.83. The van der Waals surface area contributed by atoms with Crippen LogP contribution in [0.5, 0.6) is 11.5 Å². The average molecular weight is 301 g/mol. The molecule has 1 fully saturated rings. The number of ether oxygens (including phenoxy) is 2. The molecule has 0 radical (unpaired) electrons. The van der Waals surface area contributed by atoms with Crippen LogP contribution < -0.4 is 14.8 Å². The lowest BCUT2D eigenvalue weighted by Gasteiger charge is -2.22. The summed E-state index contributed by atoms with van der Waals surface area (Å²) in [6.45, 7) is 2.00. The number of fused-ring (bicyclic) bond motifs is 2. The molecule has 1 aromatic carbocycles. The number of rotatable bonds is 5. The Morgan fingerprint density at radius 3 is 2.55 bits per heavy atom. The Bertz CT molecular complexity index is 596. The Labute approximate surface area is 131 Å². The van der Waals surface area contributed by atoms with Crippen LogP contribution in [0.3, 0.4) is 0 Å². The van der Waals surface area contributed by atoms with E-state index in [0.717, 1.165) is 18.4 Å². The highest BCUT2D eigenvalue weighted by atomic mass is 16.5. The van der Waals surface area contributed by atoms with Crippen LogP contribution in [0.4, 0.5) is 0 Å². The molecule has 4 nitrogen and oxygen atoms in total. The lowest BCUT2D eigenvalue weighted by atomic mass is 9.92. The highest BCUT2D eigenvalue weighted by molar-refractivity contribution is 5.80. The minimum Gasteiger partial charge on any atom is -0.493 e. The van der Waals surface area contributed by atoms with Gasteiger partial charge in [0.25, 0.3) is 0 Å². The summed E-state index contributed by atoms with van der Waals surface area (Å²) in [4.78, 5) is 12.5. The molecule has 4 unspecified atom stereocenters. The molecule has 0 spiro atoms. The molecule has 2 aliphatic carbocycles. The third kappa shape index (κ3) is 2.70. The standard InChI is InChI=1S/C18H23NO3/c1-11(13-6-7-16(21-2)17(10-13)22-3)19-18(20)15-9-12-4-5-14(15)8-12/h4-7,10-12,14-15H,8-9H2,1-3H3,(H,19,20). The minimum atomic E-state index is -0.0459. The number of carbonyl (C=O) groups excluding carboxylic acids is 1. The maximum absolute atomic E-state index is 12.5. The van der Waals surface area contributed by atoms with Crippen LogP contribution in [0.15, 0.2) is 30.4 Å². The molecule has 3 rings (SSSR count). The lowest BCUT2D eigenvalue weighted by molar-refractivity contribution is -0.126. The van der Waals surface area contributed by atoms with Gasteiger partial charge in [-0.1, -0.05) is 18.2 Å². The molecule has 1 N–H and O–H groups in total. The normalized spacial score (nSPS) is 26.8. The second-order valence-corrected chi connectivity index (χ2v) is 6.23. The van der Waals surface area contributed by atoms with E-state index in [0.29, 0.717) is 23.3 Å². The third-order valence-electron chi connectivity index (χ3n) is 4.88. The first-order valence-corrected chi connectivity index (χ1v) is 7.83. The van der Waals surface area contributed by atoms with Crippen molar-refractivity contribution in [1.29, 1.82) is 0 Å². The number of hydrogen-bond acceptors (Lipinski definition) is 3. The first-order chi connectivity index (χ1) is 10.6. The van der Waals surface area contributed by atoms with Gasteiger partial charge >= 0.3 is 0 Å². The Hall–Kier alpha value is -1.97. The van der Waals surface area contributed by atoms with Crippen molar-refractivity contribution in [3.8, 4) is 11.5 Å². The molecule has 0 saturated heterocycles. The molecule has 2 aliphatic rings. The highest BCUT2D eigenvalue weighted by Gasteiger charge is 2.40. The minimum absolute atomic E-state index is 0.0459. The molecule has 1 saturated carbocycles. The topological polar surface area (TPSA) is 47.6 Å². The first kappa shape index (κ1) is 14.9. The molecule has 22 heavy (non-hydrogen) atoms. The van der Waals surface area contributed by atoms with Crippen LogP contribution in [0.25, 0.3) is 0 Å². The molecule has 1 amide bonds. The van der Waals surface area contributed by atoms with E-state index in [9.17, 15) is 4.79 Å². The number of nitrogens with one attached hydrogen (secondary N) is 1. The number of hydrogen-bond donors (Lipinski definition) is 1. The predicted octanol–water partition coefficient (Wildman–Crippen LogP) is 3.09. The Morgan fingerprint density at radius 1 is 1.18 bits per heavy atom. The van der Waals surface area contributed by atoms with Crippen LogP contribution in [-0.4, -0.2) is 20.1 Å². The summed E-state index contributed by atoms with van der Waals surface area (Å²) in [5.41, 5.74) is 1.02. The SMILES string of the molecule is COc1ccc(C(C)NC(=O)C2CC3C=CC2C3)cc1OC. The van der Waals surface area contributed by atoms with Gasteiger partial charge in [-0.15, -0.1) is 0 Å². The molecule has 1 aromatic rings. The maximum Gasteiger partial charge on any atom is 0.224 e. The van der Waals surface area contributed by atoms with Gasteiger partial charge in [0.1, 0.15) is 0 Å². The maximum atomic E-state index is 12.5. The molecule has 0 heterocycles. The van der Waals surface area contributed by atoms with E-state index in [2.05, 4.69) is 17.5 Å². The Balaban J connectivity index is 1.68. The Morgan fingerprint density at radius 2 is 1.95 bits per heavy atom. The summed E-state index contributed by atoms with van der Waals surface area (Å²) < 4.78 is 10.6. The molecule has 0 aliphatic heterocycles. The van der Waals surface area contributed by atoms with Crippen molar-refractivity contribution in [2.24, 2.45) is 17.8 Å². The predicted molar refractivity (Wildman–Crippen MR) is 84.9 cm³/mol. The fraction of sp³-hybridized carbons (Fsp3) is 0.500. The van der Waals surface area contributed by atoms with E-state index in [1.54, 1.807) is 14.2 Å². The number of allylic oxidation sites excluding steroid dienone is 2. The van der Waals surface area contributed by atoms with Crippen molar-refractivity contribution in [2.45, 2.75) is 25.8 Å². The molecule has 2 bridgehead atoms. The summed E-state index contributed by atoms with van der Waals surface area (Å²) in [5.74, 6) is 2.73. The highest BCUT2D eigenvalue weighted by Crippen LogP contribution is 2.43. The van der Waals surface area contributed by atoms with Crippen molar-refractivity contribution >= 4 is 5.91 Å². The van der Waals surface area contributed by atoms with Gasteiger partial charge in [0.2, 0.25) is 5.91 Å².